The zero-order chi connectivity index (χ0) is 31.6. The highest BCUT2D eigenvalue weighted by Gasteiger charge is 2.29. The van der Waals surface area contributed by atoms with Crippen molar-refractivity contribution in [2.75, 3.05) is 0 Å². The van der Waals surface area contributed by atoms with Gasteiger partial charge >= 0.3 is 0 Å². The molecule has 2 aromatic carbocycles. The number of thioether (sulfide) groups is 1. The van der Waals surface area contributed by atoms with Crippen LogP contribution in [0.1, 0.15) is 155 Å². The summed E-state index contributed by atoms with van der Waals surface area (Å²) >= 11 is 2.09. The molecule has 2 nitrogen and oxygen atoms in total. The second-order valence-corrected chi connectivity index (χ2v) is 18.3. The Labute approximate surface area is 258 Å². The Bertz CT molecular complexity index is 1030. The van der Waals surface area contributed by atoms with Crippen LogP contribution in [-0.2, 0) is 10.8 Å². The number of phenolic OH excluding ortho intramolecular Hbond substituents is 2. The molecule has 2 aromatic rings. The molecule has 0 saturated carbocycles. The predicted molar refractivity (Wildman–Crippen MR) is 182 cm³/mol. The standard InChI is InChI=1S/C38H62O2S/c1-25(35(3,4)5)15-21-33(27-17-19-31(39)29(23-27)37(9,10)11)41-34(22-16-26(2)36(6,7)8)28-18-20-32(40)30(24-28)38(12,13)14/h17-20,23-26,33-34,39-40H,15-16,21-22H2,1-14H3. The number of phenols is 2. The fourth-order valence-corrected chi connectivity index (χ4v) is 6.75. The first-order valence-corrected chi connectivity index (χ1v) is 16.8. The Morgan fingerprint density at radius 3 is 1.12 bits per heavy atom. The minimum Gasteiger partial charge on any atom is -0.508 e. The molecule has 0 aliphatic carbocycles. The third-order valence-electron chi connectivity index (χ3n) is 9.41. The maximum atomic E-state index is 10.8. The summed E-state index contributed by atoms with van der Waals surface area (Å²) in [6, 6.07) is 12.6. The molecule has 4 unspecified atom stereocenters. The molecule has 2 N–H and O–H groups in total. The first-order valence-electron chi connectivity index (χ1n) is 15.8. The zero-order valence-electron chi connectivity index (χ0n) is 28.9. The largest absolute Gasteiger partial charge is 0.508 e. The summed E-state index contributed by atoms with van der Waals surface area (Å²) in [5.74, 6) is 1.98. The number of hydrogen-bond acceptors (Lipinski definition) is 3. The van der Waals surface area contributed by atoms with Gasteiger partial charge in [-0.2, -0.15) is 0 Å². The van der Waals surface area contributed by atoms with E-state index in [-0.39, 0.29) is 21.7 Å². The van der Waals surface area contributed by atoms with E-state index in [0.717, 1.165) is 36.8 Å². The van der Waals surface area contributed by atoms with Crippen molar-refractivity contribution in [3.8, 4) is 11.5 Å². The van der Waals surface area contributed by atoms with Gasteiger partial charge in [-0.1, -0.05) is 121 Å². The van der Waals surface area contributed by atoms with Gasteiger partial charge in [-0.05, 0) is 93.6 Å². The molecule has 232 valence electrons. The lowest BCUT2D eigenvalue weighted by molar-refractivity contribution is 0.241. The molecule has 0 aromatic heterocycles. The van der Waals surface area contributed by atoms with E-state index in [2.05, 4.69) is 133 Å². The van der Waals surface area contributed by atoms with Crippen LogP contribution in [-0.4, -0.2) is 10.2 Å². The smallest absolute Gasteiger partial charge is 0.119 e. The predicted octanol–water partition coefficient (Wildman–Crippen LogP) is 12.1. The highest BCUT2D eigenvalue weighted by Crippen LogP contribution is 2.50. The number of rotatable bonds is 10. The molecule has 0 amide bonds. The maximum absolute atomic E-state index is 10.8. The van der Waals surface area contributed by atoms with Crippen molar-refractivity contribution >= 4 is 11.8 Å². The fourth-order valence-electron chi connectivity index (χ4n) is 5.20. The van der Waals surface area contributed by atoms with Crippen LogP contribution in [0.4, 0.5) is 0 Å². The molecule has 41 heavy (non-hydrogen) atoms. The summed E-state index contributed by atoms with van der Waals surface area (Å²) in [4.78, 5) is 0. The molecule has 2 rings (SSSR count). The SMILES string of the molecule is CC(CCC(SC(CCC(C)C(C)(C)C)c1ccc(O)c(C(C)(C)C)c1)c1ccc(O)c(C(C)(C)C)c1)C(C)(C)C. The van der Waals surface area contributed by atoms with Crippen LogP contribution in [0.2, 0.25) is 0 Å². The third-order valence-corrected chi connectivity index (χ3v) is 11.1. The van der Waals surface area contributed by atoms with Crippen LogP contribution in [0.25, 0.3) is 0 Å². The van der Waals surface area contributed by atoms with E-state index in [1.54, 1.807) is 0 Å². The zero-order valence-corrected chi connectivity index (χ0v) is 29.7. The Balaban J connectivity index is 2.60. The molecule has 0 spiro atoms. The number of aromatic hydroxyl groups is 2. The van der Waals surface area contributed by atoms with Gasteiger partial charge < -0.3 is 10.2 Å². The van der Waals surface area contributed by atoms with Gasteiger partial charge in [-0.3, -0.25) is 0 Å². The van der Waals surface area contributed by atoms with E-state index < -0.39 is 0 Å². The van der Waals surface area contributed by atoms with Gasteiger partial charge in [0.25, 0.3) is 0 Å². The fraction of sp³-hybridized carbons (Fsp3) is 0.684. The lowest BCUT2D eigenvalue weighted by Crippen LogP contribution is -2.19. The normalized spacial score (nSPS) is 16.3. The second-order valence-electron chi connectivity index (χ2n) is 16.9. The number of benzene rings is 2. The number of hydrogen-bond donors (Lipinski definition) is 2. The van der Waals surface area contributed by atoms with Crippen LogP contribution in [0.15, 0.2) is 36.4 Å². The van der Waals surface area contributed by atoms with Crippen molar-refractivity contribution in [3.63, 3.8) is 0 Å². The monoisotopic (exact) mass is 582 g/mol. The second kappa shape index (κ2) is 13.4. The maximum Gasteiger partial charge on any atom is 0.119 e. The van der Waals surface area contributed by atoms with Gasteiger partial charge in [0.1, 0.15) is 11.5 Å². The van der Waals surface area contributed by atoms with Crippen LogP contribution < -0.4 is 0 Å². The van der Waals surface area contributed by atoms with Crippen LogP contribution >= 0.6 is 11.8 Å². The molecule has 0 radical (unpaired) electrons. The molecule has 0 aliphatic rings. The lowest BCUT2D eigenvalue weighted by atomic mass is 9.78. The Kier molecular flexibility index (Phi) is 11.6. The minimum atomic E-state index is -0.131. The topological polar surface area (TPSA) is 40.5 Å². The van der Waals surface area contributed by atoms with E-state index in [1.807, 2.05) is 12.1 Å². The van der Waals surface area contributed by atoms with Crippen LogP contribution in [0.3, 0.4) is 0 Å². The van der Waals surface area contributed by atoms with Crippen LogP contribution in [0.5, 0.6) is 11.5 Å². The molecule has 0 saturated heterocycles. The van der Waals surface area contributed by atoms with Gasteiger partial charge in [-0.25, -0.2) is 0 Å². The van der Waals surface area contributed by atoms with E-state index in [0.29, 0.717) is 33.8 Å². The van der Waals surface area contributed by atoms with Crippen molar-refractivity contribution in [2.45, 2.75) is 144 Å². The molecule has 0 aliphatic heterocycles. The first-order chi connectivity index (χ1) is 18.5. The summed E-state index contributed by atoms with van der Waals surface area (Å²) in [5, 5.41) is 22.1. The molecular formula is C38H62O2S. The highest BCUT2D eigenvalue weighted by molar-refractivity contribution is 7.99. The van der Waals surface area contributed by atoms with E-state index >= 15 is 0 Å². The van der Waals surface area contributed by atoms with Gasteiger partial charge in [0.05, 0.1) is 0 Å². The Morgan fingerprint density at radius 1 is 0.537 bits per heavy atom. The highest BCUT2D eigenvalue weighted by atomic mass is 32.2. The molecule has 4 atom stereocenters. The lowest BCUT2D eigenvalue weighted by Gasteiger charge is -2.33. The van der Waals surface area contributed by atoms with E-state index in [4.69, 9.17) is 0 Å². The van der Waals surface area contributed by atoms with Crippen LogP contribution in [0, 0.1) is 22.7 Å². The van der Waals surface area contributed by atoms with Crippen molar-refractivity contribution in [3.05, 3.63) is 58.7 Å². The van der Waals surface area contributed by atoms with Gasteiger partial charge in [0.2, 0.25) is 0 Å². The summed E-state index contributed by atoms with van der Waals surface area (Å²) in [6.07, 6.45) is 4.49. The molecular weight excluding hydrogens is 520 g/mol. The van der Waals surface area contributed by atoms with Gasteiger partial charge in [-0.15, -0.1) is 11.8 Å². The van der Waals surface area contributed by atoms with Crippen molar-refractivity contribution in [1.29, 1.82) is 0 Å². The van der Waals surface area contributed by atoms with Crippen molar-refractivity contribution < 1.29 is 10.2 Å². The third kappa shape index (κ3) is 10.3. The first kappa shape index (κ1) is 35.6. The van der Waals surface area contributed by atoms with Crippen molar-refractivity contribution in [1.82, 2.24) is 0 Å². The van der Waals surface area contributed by atoms with E-state index in [9.17, 15) is 10.2 Å². The van der Waals surface area contributed by atoms with Gasteiger partial charge in [0, 0.05) is 10.5 Å². The molecule has 0 fully saturated rings. The molecule has 0 heterocycles. The summed E-state index contributed by atoms with van der Waals surface area (Å²) in [7, 11) is 0. The average Bonchev–Trinajstić information content (AvgIpc) is 2.81. The van der Waals surface area contributed by atoms with E-state index in [1.165, 1.54) is 11.1 Å². The summed E-state index contributed by atoms with van der Waals surface area (Å²) in [5.41, 5.74) is 4.92. The Morgan fingerprint density at radius 2 is 0.854 bits per heavy atom. The minimum absolute atomic E-state index is 0.131. The van der Waals surface area contributed by atoms with Crippen molar-refractivity contribution in [2.24, 2.45) is 22.7 Å². The quantitative estimate of drug-likeness (QED) is 0.293. The average molecular weight is 583 g/mol. The summed E-state index contributed by atoms with van der Waals surface area (Å²) < 4.78 is 0. The van der Waals surface area contributed by atoms with Gasteiger partial charge in [0.15, 0.2) is 0 Å². The summed E-state index contributed by atoms with van der Waals surface area (Å²) in [6.45, 7) is 31.9. The molecule has 0 bridgehead atoms. The Hall–Kier alpha value is -1.61. The molecule has 3 heteroatoms.